The van der Waals surface area contributed by atoms with Gasteiger partial charge in [0.1, 0.15) is 0 Å². The summed E-state index contributed by atoms with van der Waals surface area (Å²) in [5, 5.41) is 1.11. The third-order valence-corrected chi connectivity index (χ3v) is 3.93. The van der Waals surface area contributed by atoms with E-state index in [4.69, 9.17) is 5.84 Å². The normalized spacial score (nSPS) is 12.5. The Bertz CT molecular complexity index is 737. The number of pyridine rings is 2. The molecule has 1 unspecified atom stereocenters. The van der Waals surface area contributed by atoms with E-state index in [9.17, 15) is 0 Å². The first kappa shape index (κ1) is 14.1. The molecule has 106 valence electrons. The molecule has 2 heterocycles. The highest BCUT2D eigenvalue weighted by molar-refractivity contribution is 9.10. The van der Waals surface area contributed by atoms with Crippen LogP contribution in [0, 0.1) is 0 Å². The highest BCUT2D eigenvalue weighted by atomic mass is 79.9. The topological polar surface area (TPSA) is 63.8 Å². The van der Waals surface area contributed by atoms with E-state index in [1.54, 1.807) is 6.20 Å². The third-order valence-electron chi connectivity index (χ3n) is 3.46. The molecule has 0 amide bonds. The summed E-state index contributed by atoms with van der Waals surface area (Å²) >= 11 is 3.40. The van der Waals surface area contributed by atoms with Crippen LogP contribution in [-0.2, 0) is 6.42 Å². The van der Waals surface area contributed by atoms with Gasteiger partial charge < -0.3 is 0 Å². The zero-order valence-electron chi connectivity index (χ0n) is 11.3. The summed E-state index contributed by atoms with van der Waals surface area (Å²) in [7, 11) is 0. The summed E-state index contributed by atoms with van der Waals surface area (Å²) in [5.74, 6) is 5.77. The Morgan fingerprint density at radius 3 is 2.71 bits per heavy atom. The minimum atomic E-state index is -0.00780. The molecule has 0 fully saturated rings. The number of hydrogen-bond donors (Lipinski definition) is 2. The number of hydrogen-bond acceptors (Lipinski definition) is 4. The second-order valence-electron chi connectivity index (χ2n) is 4.81. The van der Waals surface area contributed by atoms with E-state index in [2.05, 4.69) is 37.4 Å². The van der Waals surface area contributed by atoms with E-state index in [1.165, 1.54) is 0 Å². The summed E-state index contributed by atoms with van der Waals surface area (Å²) in [4.78, 5) is 8.80. The molecule has 3 rings (SSSR count). The molecule has 2 aromatic heterocycles. The van der Waals surface area contributed by atoms with E-state index >= 15 is 0 Å². The number of nitrogens with one attached hydrogen (secondary N) is 1. The van der Waals surface area contributed by atoms with E-state index in [1.807, 2.05) is 42.6 Å². The number of nitrogens with zero attached hydrogens (tertiary/aromatic N) is 2. The largest absolute Gasteiger partial charge is 0.271 e. The SMILES string of the molecule is NNC(Cc1ccc(Br)cn1)c1ccnc2ccccc12. The Labute approximate surface area is 131 Å². The van der Waals surface area contributed by atoms with Crippen LogP contribution in [-0.4, -0.2) is 9.97 Å². The molecule has 0 radical (unpaired) electrons. The summed E-state index contributed by atoms with van der Waals surface area (Å²) in [5.41, 5.74) is 5.99. The predicted octanol–water partition coefficient (Wildman–Crippen LogP) is 3.14. The highest BCUT2D eigenvalue weighted by Crippen LogP contribution is 2.24. The molecule has 1 aromatic carbocycles. The van der Waals surface area contributed by atoms with E-state index in [0.29, 0.717) is 0 Å². The second kappa shape index (κ2) is 6.30. The molecule has 1 atom stereocenters. The molecule has 3 aromatic rings. The fourth-order valence-electron chi connectivity index (χ4n) is 2.42. The minimum Gasteiger partial charge on any atom is -0.271 e. The highest BCUT2D eigenvalue weighted by Gasteiger charge is 2.14. The van der Waals surface area contributed by atoms with Crippen LogP contribution in [0.2, 0.25) is 0 Å². The van der Waals surface area contributed by atoms with Crippen LogP contribution in [0.3, 0.4) is 0 Å². The summed E-state index contributed by atoms with van der Waals surface area (Å²) in [6, 6.07) is 14.1. The lowest BCUT2D eigenvalue weighted by molar-refractivity contribution is 0.549. The van der Waals surface area contributed by atoms with Crippen molar-refractivity contribution in [2.45, 2.75) is 12.5 Å². The van der Waals surface area contributed by atoms with Crippen molar-refractivity contribution in [3.63, 3.8) is 0 Å². The maximum absolute atomic E-state index is 5.77. The number of para-hydroxylation sites is 1. The molecule has 0 saturated heterocycles. The van der Waals surface area contributed by atoms with Gasteiger partial charge in [0.05, 0.1) is 11.6 Å². The van der Waals surface area contributed by atoms with Gasteiger partial charge in [-0.1, -0.05) is 18.2 Å². The first-order valence-electron chi connectivity index (χ1n) is 6.68. The Morgan fingerprint density at radius 2 is 1.95 bits per heavy atom. The van der Waals surface area contributed by atoms with Crippen molar-refractivity contribution in [2.75, 3.05) is 0 Å². The van der Waals surface area contributed by atoms with Gasteiger partial charge in [-0.3, -0.25) is 21.2 Å². The number of fused-ring (bicyclic) bond motifs is 1. The van der Waals surface area contributed by atoms with Crippen LogP contribution < -0.4 is 11.3 Å². The van der Waals surface area contributed by atoms with Crippen molar-refractivity contribution in [3.05, 3.63) is 70.6 Å². The van der Waals surface area contributed by atoms with Gasteiger partial charge in [0.2, 0.25) is 0 Å². The van der Waals surface area contributed by atoms with Gasteiger partial charge in [0.15, 0.2) is 0 Å². The second-order valence-corrected chi connectivity index (χ2v) is 5.72. The standard InChI is InChI=1S/C16H15BrN4/c17-11-5-6-12(20-10-11)9-16(21-18)14-7-8-19-15-4-2-1-3-13(14)15/h1-8,10,16,21H,9,18H2. The predicted molar refractivity (Wildman–Crippen MR) is 87.4 cm³/mol. The van der Waals surface area contributed by atoms with Crippen LogP contribution in [0.5, 0.6) is 0 Å². The van der Waals surface area contributed by atoms with Crippen LogP contribution in [0.15, 0.2) is 59.3 Å². The number of aromatic nitrogens is 2. The first-order valence-corrected chi connectivity index (χ1v) is 7.47. The Morgan fingerprint density at radius 1 is 1.10 bits per heavy atom. The molecule has 5 heteroatoms. The monoisotopic (exact) mass is 342 g/mol. The fraction of sp³-hybridized carbons (Fsp3) is 0.125. The van der Waals surface area contributed by atoms with Gasteiger partial charge in [-0.05, 0) is 45.8 Å². The van der Waals surface area contributed by atoms with Gasteiger partial charge in [-0.25, -0.2) is 0 Å². The molecule has 0 aliphatic rings. The Balaban J connectivity index is 1.96. The van der Waals surface area contributed by atoms with Crippen LogP contribution >= 0.6 is 15.9 Å². The molecular weight excluding hydrogens is 328 g/mol. The van der Waals surface area contributed by atoms with Crippen molar-refractivity contribution in [2.24, 2.45) is 5.84 Å². The van der Waals surface area contributed by atoms with Crippen molar-refractivity contribution in [1.82, 2.24) is 15.4 Å². The number of hydrazine groups is 1. The molecule has 0 spiro atoms. The van der Waals surface area contributed by atoms with Gasteiger partial charge in [0.25, 0.3) is 0 Å². The molecule has 0 aliphatic carbocycles. The maximum Gasteiger partial charge on any atom is 0.0705 e. The zero-order valence-corrected chi connectivity index (χ0v) is 12.9. The molecule has 0 bridgehead atoms. The summed E-state index contributed by atoms with van der Waals surface area (Å²) in [6.07, 6.45) is 4.34. The van der Waals surface area contributed by atoms with Gasteiger partial charge in [0, 0.05) is 34.4 Å². The average Bonchev–Trinajstić information content (AvgIpc) is 2.54. The third kappa shape index (κ3) is 3.10. The molecule has 3 N–H and O–H groups in total. The van der Waals surface area contributed by atoms with E-state index in [0.717, 1.165) is 33.1 Å². The average molecular weight is 343 g/mol. The van der Waals surface area contributed by atoms with Gasteiger partial charge >= 0.3 is 0 Å². The van der Waals surface area contributed by atoms with Crippen LogP contribution in [0.1, 0.15) is 17.3 Å². The van der Waals surface area contributed by atoms with Gasteiger partial charge in [-0.2, -0.15) is 0 Å². The quantitative estimate of drug-likeness (QED) is 0.564. The lowest BCUT2D eigenvalue weighted by Crippen LogP contribution is -2.30. The van der Waals surface area contributed by atoms with E-state index < -0.39 is 0 Å². The summed E-state index contributed by atoms with van der Waals surface area (Å²) in [6.45, 7) is 0. The van der Waals surface area contributed by atoms with Crippen molar-refractivity contribution in [1.29, 1.82) is 0 Å². The number of rotatable bonds is 4. The van der Waals surface area contributed by atoms with E-state index in [-0.39, 0.29) is 6.04 Å². The Kier molecular flexibility index (Phi) is 4.24. The number of benzene rings is 1. The minimum absolute atomic E-state index is 0.00780. The van der Waals surface area contributed by atoms with Crippen molar-refractivity contribution in [3.8, 4) is 0 Å². The maximum atomic E-state index is 5.77. The zero-order chi connectivity index (χ0) is 14.7. The molecule has 4 nitrogen and oxygen atoms in total. The molecule has 21 heavy (non-hydrogen) atoms. The Hall–Kier alpha value is -1.82. The van der Waals surface area contributed by atoms with Gasteiger partial charge in [-0.15, -0.1) is 0 Å². The summed E-state index contributed by atoms with van der Waals surface area (Å²) < 4.78 is 0.970. The van der Waals surface area contributed by atoms with Crippen molar-refractivity contribution < 1.29 is 0 Å². The molecular formula is C16H15BrN4. The number of halogens is 1. The smallest absolute Gasteiger partial charge is 0.0705 e. The molecule has 0 saturated carbocycles. The molecule has 0 aliphatic heterocycles. The number of nitrogens with two attached hydrogens (primary N) is 1. The first-order chi connectivity index (χ1) is 10.3. The van der Waals surface area contributed by atoms with Crippen LogP contribution in [0.4, 0.5) is 0 Å². The lowest BCUT2D eigenvalue weighted by atomic mass is 9.98. The van der Waals surface area contributed by atoms with Crippen LogP contribution in [0.25, 0.3) is 10.9 Å². The fourth-order valence-corrected chi connectivity index (χ4v) is 2.65. The van der Waals surface area contributed by atoms with Crippen molar-refractivity contribution >= 4 is 26.8 Å². The lowest BCUT2D eigenvalue weighted by Gasteiger charge is -2.17.